The SMILES string of the molecule is CCCCNC(N)=NCC(=O)NCCOC. The van der Waals surface area contributed by atoms with Gasteiger partial charge in [0.05, 0.1) is 6.61 Å². The number of carbonyl (C=O) groups is 1. The van der Waals surface area contributed by atoms with E-state index in [2.05, 4.69) is 22.5 Å². The van der Waals surface area contributed by atoms with Crippen molar-refractivity contribution in [2.45, 2.75) is 19.8 Å². The third kappa shape index (κ3) is 9.26. The Hall–Kier alpha value is -1.30. The van der Waals surface area contributed by atoms with Gasteiger partial charge in [0.1, 0.15) is 6.54 Å². The average molecular weight is 230 g/mol. The summed E-state index contributed by atoms with van der Waals surface area (Å²) in [5.41, 5.74) is 5.55. The predicted molar refractivity (Wildman–Crippen MR) is 64.3 cm³/mol. The van der Waals surface area contributed by atoms with E-state index in [4.69, 9.17) is 10.5 Å². The second-order valence-electron chi connectivity index (χ2n) is 3.32. The van der Waals surface area contributed by atoms with Crippen LogP contribution in [0.2, 0.25) is 0 Å². The molecule has 0 radical (unpaired) electrons. The van der Waals surface area contributed by atoms with Crippen molar-refractivity contribution in [3.8, 4) is 0 Å². The van der Waals surface area contributed by atoms with Gasteiger partial charge in [-0.15, -0.1) is 0 Å². The van der Waals surface area contributed by atoms with Gasteiger partial charge in [-0.25, -0.2) is 4.99 Å². The van der Waals surface area contributed by atoms with Crippen molar-refractivity contribution >= 4 is 11.9 Å². The molecule has 0 spiro atoms. The van der Waals surface area contributed by atoms with Gasteiger partial charge in [-0.3, -0.25) is 4.79 Å². The molecule has 0 saturated carbocycles. The average Bonchev–Trinajstić information content (AvgIpc) is 2.27. The van der Waals surface area contributed by atoms with Gasteiger partial charge < -0.3 is 21.1 Å². The molecule has 0 aliphatic carbocycles. The molecule has 0 aliphatic rings. The highest BCUT2D eigenvalue weighted by Crippen LogP contribution is 1.81. The zero-order valence-corrected chi connectivity index (χ0v) is 10.1. The number of methoxy groups -OCH3 is 1. The minimum absolute atomic E-state index is 0.0503. The summed E-state index contributed by atoms with van der Waals surface area (Å²) in [5, 5.41) is 5.58. The number of aliphatic imine (C=N–C) groups is 1. The Morgan fingerprint density at radius 2 is 2.12 bits per heavy atom. The lowest BCUT2D eigenvalue weighted by molar-refractivity contribution is -0.119. The molecule has 0 unspecified atom stereocenters. The molecule has 16 heavy (non-hydrogen) atoms. The molecule has 6 nitrogen and oxygen atoms in total. The minimum atomic E-state index is -0.155. The van der Waals surface area contributed by atoms with Gasteiger partial charge in [0.15, 0.2) is 5.96 Å². The van der Waals surface area contributed by atoms with Crippen molar-refractivity contribution in [2.24, 2.45) is 10.7 Å². The minimum Gasteiger partial charge on any atom is -0.383 e. The lowest BCUT2D eigenvalue weighted by atomic mass is 10.3. The highest BCUT2D eigenvalue weighted by Gasteiger charge is 1.98. The molecule has 0 bridgehead atoms. The zero-order chi connectivity index (χ0) is 12.2. The van der Waals surface area contributed by atoms with Crippen LogP contribution >= 0.6 is 0 Å². The summed E-state index contributed by atoms with van der Waals surface area (Å²) in [4.78, 5) is 15.1. The predicted octanol–water partition coefficient (Wildman–Crippen LogP) is -0.547. The normalized spacial score (nSPS) is 11.2. The molecule has 0 saturated heterocycles. The molecule has 0 aliphatic heterocycles. The quantitative estimate of drug-likeness (QED) is 0.297. The molecule has 0 atom stereocenters. The van der Waals surface area contributed by atoms with Crippen LogP contribution in [0.15, 0.2) is 4.99 Å². The molecule has 94 valence electrons. The Labute approximate surface area is 96.6 Å². The van der Waals surface area contributed by atoms with Crippen molar-refractivity contribution in [3.63, 3.8) is 0 Å². The van der Waals surface area contributed by atoms with Crippen LogP contribution in [0, 0.1) is 0 Å². The first-order valence-electron chi connectivity index (χ1n) is 5.50. The van der Waals surface area contributed by atoms with Crippen LogP contribution in [0.1, 0.15) is 19.8 Å². The van der Waals surface area contributed by atoms with Crippen molar-refractivity contribution < 1.29 is 9.53 Å². The zero-order valence-electron chi connectivity index (χ0n) is 10.1. The summed E-state index contributed by atoms with van der Waals surface area (Å²) in [6.45, 7) is 3.93. The van der Waals surface area contributed by atoms with Crippen molar-refractivity contribution in [2.75, 3.05) is 33.4 Å². The molecular weight excluding hydrogens is 208 g/mol. The van der Waals surface area contributed by atoms with Crippen LogP contribution in [-0.2, 0) is 9.53 Å². The number of hydrogen-bond acceptors (Lipinski definition) is 3. The van der Waals surface area contributed by atoms with E-state index in [1.54, 1.807) is 7.11 Å². The van der Waals surface area contributed by atoms with E-state index < -0.39 is 0 Å². The molecular formula is C10H22N4O2. The maximum absolute atomic E-state index is 11.2. The highest BCUT2D eigenvalue weighted by atomic mass is 16.5. The summed E-state index contributed by atoms with van der Waals surface area (Å²) in [6.07, 6.45) is 2.13. The number of amides is 1. The van der Waals surface area contributed by atoms with Gasteiger partial charge in [0.2, 0.25) is 5.91 Å². The third-order valence-electron chi connectivity index (χ3n) is 1.86. The number of rotatable bonds is 8. The number of hydrogen-bond donors (Lipinski definition) is 3. The highest BCUT2D eigenvalue weighted by molar-refractivity contribution is 5.83. The van der Waals surface area contributed by atoms with E-state index in [0.717, 1.165) is 19.4 Å². The summed E-state index contributed by atoms with van der Waals surface area (Å²) in [5.74, 6) is 0.160. The topological polar surface area (TPSA) is 88.7 Å². The van der Waals surface area contributed by atoms with Crippen LogP contribution < -0.4 is 16.4 Å². The molecule has 0 heterocycles. The van der Waals surface area contributed by atoms with Gasteiger partial charge in [-0.2, -0.15) is 0 Å². The number of nitrogens with one attached hydrogen (secondary N) is 2. The monoisotopic (exact) mass is 230 g/mol. The van der Waals surface area contributed by atoms with Gasteiger partial charge >= 0.3 is 0 Å². The van der Waals surface area contributed by atoms with Gasteiger partial charge in [0.25, 0.3) is 0 Å². The Kier molecular flexibility index (Phi) is 9.39. The Morgan fingerprint density at radius 3 is 2.75 bits per heavy atom. The standard InChI is InChI=1S/C10H22N4O2/c1-3-4-5-13-10(11)14-8-9(15)12-6-7-16-2/h3-8H2,1-2H3,(H,12,15)(H3,11,13,14). The van der Waals surface area contributed by atoms with E-state index >= 15 is 0 Å². The summed E-state index contributed by atoms with van der Waals surface area (Å²) < 4.78 is 4.80. The van der Waals surface area contributed by atoms with E-state index in [1.165, 1.54) is 0 Å². The van der Waals surface area contributed by atoms with E-state index in [0.29, 0.717) is 19.1 Å². The van der Waals surface area contributed by atoms with Crippen LogP contribution in [-0.4, -0.2) is 45.2 Å². The van der Waals surface area contributed by atoms with Gasteiger partial charge in [0, 0.05) is 20.2 Å². The summed E-state index contributed by atoms with van der Waals surface area (Å²) in [7, 11) is 1.58. The van der Waals surface area contributed by atoms with Crippen LogP contribution in [0.3, 0.4) is 0 Å². The van der Waals surface area contributed by atoms with Crippen LogP contribution in [0.4, 0.5) is 0 Å². The summed E-state index contributed by atoms with van der Waals surface area (Å²) in [6, 6.07) is 0. The molecule has 0 rings (SSSR count). The third-order valence-corrected chi connectivity index (χ3v) is 1.86. The Bertz CT molecular complexity index is 219. The lowest BCUT2D eigenvalue weighted by Crippen LogP contribution is -2.35. The van der Waals surface area contributed by atoms with Crippen LogP contribution in [0.25, 0.3) is 0 Å². The molecule has 6 heteroatoms. The molecule has 0 fully saturated rings. The lowest BCUT2D eigenvalue weighted by Gasteiger charge is -2.05. The number of nitrogens with two attached hydrogens (primary N) is 1. The number of ether oxygens (including phenoxy) is 1. The fourth-order valence-corrected chi connectivity index (χ4v) is 0.955. The second kappa shape index (κ2) is 10.2. The van der Waals surface area contributed by atoms with E-state index in [1.807, 2.05) is 0 Å². The van der Waals surface area contributed by atoms with Crippen molar-refractivity contribution in [1.82, 2.24) is 10.6 Å². The molecule has 0 aromatic carbocycles. The number of guanidine groups is 1. The molecule has 1 amide bonds. The van der Waals surface area contributed by atoms with E-state index in [-0.39, 0.29) is 12.5 Å². The number of unbranched alkanes of at least 4 members (excludes halogenated alkanes) is 1. The first-order chi connectivity index (χ1) is 7.70. The van der Waals surface area contributed by atoms with Crippen LogP contribution in [0.5, 0.6) is 0 Å². The fraction of sp³-hybridized carbons (Fsp3) is 0.800. The van der Waals surface area contributed by atoms with Crippen molar-refractivity contribution in [3.05, 3.63) is 0 Å². The first kappa shape index (κ1) is 14.7. The number of nitrogens with zero attached hydrogens (tertiary/aromatic N) is 1. The Balaban J connectivity index is 3.58. The molecule has 4 N–H and O–H groups in total. The summed E-state index contributed by atoms with van der Waals surface area (Å²) >= 11 is 0. The fourth-order valence-electron chi connectivity index (χ4n) is 0.955. The van der Waals surface area contributed by atoms with Gasteiger partial charge in [-0.05, 0) is 6.42 Å². The smallest absolute Gasteiger partial charge is 0.241 e. The maximum atomic E-state index is 11.2. The van der Waals surface area contributed by atoms with Crippen molar-refractivity contribution in [1.29, 1.82) is 0 Å². The van der Waals surface area contributed by atoms with Gasteiger partial charge in [-0.1, -0.05) is 13.3 Å². The molecule has 0 aromatic rings. The maximum Gasteiger partial charge on any atom is 0.241 e. The second-order valence-corrected chi connectivity index (χ2v) is 3.32. The van der Waals surface area contributed by atoms with E-state index in [9.17, 15) is 4.79 Å². The first-order valence-corrected chi connectivity index (χ1v) is 5.50. The largest absolute Gasteiger partial charge is 0.383 e. The molecule has 0 aromatic heterocycles. The number of carbonyl (C=O) groups excluding carboxylic acids is 1. The Morgan fingerprint density at radius 1 is 1.38 bits per heavy atom.